The number of rotatable bonds is 0. The van der Waals surface area contributed by atoms with Crippen LogP contribution >= 0.6 is 0 Å². The lowest BCUT2D eigenvalue weighted by atomic mass is 10.2. The SMILES string of the molecule is CC1=CC=C(C#N)NC(C)=C1. The molecule has 2 heteroatoms. The van der Waals surface area contributed by atoms with Gasteiger partial charge in [-0.15, -0.1) is 0 Å². The minimum atomic E-state index is 0.593. The Balaban J connectivity index is 2.96. The molecule has 1 N–H and O–H groups in total. The van der Waals surface area contributed by atoms with Gasteiger partial charge < -0.3 is 5.32 Å². The Morgan fingerprint density at radius 1 is 1.36 bits per heavy atom. The number of hydrogen-bond acceptors (Lipinski definition) is 2. The molecule has 2 nitrogen and oxygen atoms in total. The number of allylic oxidation sites excluding steroid dienone is 6. The summed E-state index contributed by atoms with van der Waals surface area (Å²) in [5, 5.41) is 11.6. The molecule has 11 heavy (non-hydrogen) atoms. The summed E-state index contributed by atoms with van der Waals surface area (Å²) >= 11 is 0. The van der Waals surface area contributed by atoms with E-state index in [0.29, 0.717) is 5.70 Å². The van der Waals surface area contributed by atoms with Crippen LogP contribution in [0.3, 0.4) is 0 Å². The second-order valence-electron chi connectivity index (χ2n) is 2.56. The highest BCUT2D eigenvalue weighted by Gasteiger charge is 1.97. The molecule has 1 rings (SSSR count). The topological polar surface area (TPSA) is 35.8 Å². The summed E-state index contributed by atoms with van der Waals surface area (Å²) < 4.78 is 0. The van der Waals surface area contributed by atoms with Crippen molar-refractivity contribution in [1.29, 1.82) is 5.26 Å². The first-order chi connectivity index (χ1) is 5.22. The van der Waals surface area contributed by atoms with Gasteiger partial charge in [-0.25, -0.2) is 0 Å². The second-order valence-corrected chi connectivity index (χ2v) is 2.56. The average Bonchev–Trinajstić information content (AvgIpc) is 2.11. The number of nitrogens with one attached hydrogen (secondary N) is 1. The Labute approximate surface area is 66.5 Å². The van der Waals surface area contributed by atoms with Crippen LogP contribution in [0, 0.1) is 11.3 Å². The molecule has 1 aliphatic heterocycles. The van der Waals surface area contributed by atoms with Gasteiger partial charge in [-0.1, -0.05) is 6.08 Å². The summed E-state index contributed by atoms with van der Waals surface area (Å²) in [6.45, 7) is 3.94. The van der Waals surface area contributed by atoms with Crippen molar-refractivity contribution in [2.45, 2.75) is 13.8 Å². The van der Waals surface area contributed by atoms with Crippen molar-refractivity contribution in [3.63, 3.8) is 0 Å². The van der Waals surface area contributed by atoms with Crippen molar-refractivity contribution in [1.82, 2.24) is 5.32 Å². The number of nitriles is 1. The van der Waals surface area contributed by atoms with Gasteiger partial charge in [0.15, 0.2) is 0 Å². The van der Waals surface area contributed by atoms with Crippen molar-refractivity contribution in [2.75, 3.05) is 0 Å². The van der Waals surface area contributed by atoms with Crippen LogP contribution in [0.1, 0.15) is 13.8 Å². The minimum absolute atomic E-state index is 0.593. The molecule has 1 aliphatic rings. The molecule has 0 fully saturated rings. The van der Waals surface area contributed by atoms with Gasteiger partial charge in [-0.3, -0.25) is 0 Å². The number of nitrogens with zero attached hydrogens (tertiary/aromatic N) is 1. The fourth-order valence-corrected chi connectivity index (χ4v) is 0.960. The standard InChI is InChI=1S/C9H10N2/c1-7-3-4-9(6-10)11-8(2)5-7/h3-5,11H,1-2H3. The Kier molecular flexibility index (Phi) is 2.12. The summed E-state index contributed by atoms with van der Waals surface area (Å²) in [4.78, 5) is 0. The van der Waals surface area contributed by atoms with E-state index < -0.39 is 0 Å². The van der Waals surface area contributed by atoms with E-state index in [0.717, 1.165) is 11.3 Å². The highest BCUT2D eigenvalue weighted by molar-refractivity contribution is 5.36. The lowest BCUT2D eigenvalue weighted by Gasteiger charge is -2.00. The summed E-state index contributed by atoms with van der Waals surface area (Å²) in [6.07, 6.45) is 5.70. The van der Waals surface area contributed by atoms with E-state index in [9.17, 15) is 0 Å². The fraction of sp³-hybridized carbons (Fsp3) is 0.222. The van der Waals surface area contributed by atoms with Crippen LogP contribution in [-0.2, 0) is 0 Å². The van der Waals surface area contributed by atoms with Gasteiger partial charge in [-0.2, -0.15) is 5.26 Å². The van der Waals surface area contributed by atoms with E-state index in [4.69, 9.17) is 5.26 Å². The zero-order valence-corrected chi connectivity index (χ0v) is 6.68. The average molecular weight is 146 g/mol. The monoisotopic (exact) mass is 146 g/mol. The molecular weight excluding hydrogens is 136 g/mol. The number of hydrogen-bond donors (Lipinski definition) is 1. The third-order valence-electron chi connectivity index (χ3n) is 1.41. The smallest absolute Gasteiger partial charge is 0.117 e. The van der Waals surface area contributed by atoms with Crippen molar-refractivity contribution in [3.05, 3.63) is 35.2 Å². The van der Waals surface area contributed by atoms with E-state index in [-0.39, 0.29) is 0 Å². The molecule has 0 unspecified atom stereocenters. The van der Waals surface area contributed by atoms with Crippen LogP contribution in [0.5, 0.6) is 0 Å². The molecule has 0 aliphatic carbocycles. The molecular formula is C9H10N2. The molecule has 0 saturated carbocycles. The van der Waals surface area contributed by atoms with E-state index in [1.54, 1.807) is 6.08 Å². The lowest BCUT2D eigenvalue weighted by molar-refractivity contribution is 1.01. The van der Waals surface area contributed by atoms with Gasteiger partial charge in [-0.05, 0) is 31.6 Å². The fourth-order valence-electron chi connectivity index (χ4n) is 0.960. The molecule has 0 spiro atoms. The summed E-state index contributed by atoms with van der Waals surface area (Å²) in [6, 6.07) is 2.06. The summed E-state index contributed by atoms with van der Waals surface area (Å²) in [5.41, 5.74) is 2.75. The quantitative estimate of drug-likeness (QED) is 0.566. The normalized spacial score (nSPS) is 16.6. The van der Waals surface area contributed by atoms with Crippen molar-refractivity contribution >= 4 is 0 Å². The zero-order valence-electron chi connectivity index (χ0n) is 6.68. The van der Waals surface area contributed by atoms with Gasteiger partial charge in [0.05, 0.1) is 0 Å². The molecule has 0 bridgehead atoms. The van der Waals surface area contributed by atoms with Gasteiger partial charge in [0, 0.05) is 5.70 Å². The Bertz CT molecular complexity index is 287. The lowest BCUT2D eigenvalue weighted by Crippen LogP contribution is -2.07. The highest BCUT2D eigenvalue weighted by Crippen LogP contribution is 2.06. The molecule has 0 aromatic carbocycles. The molecule has 0 saturated heterocycles. The predicted molar refractivity (Wildman–Crippen MR) is 44.3 cm³/mol. The molecule has 56 valence electrons. The first-order valence-electron chi connectivity index (χ1n) is 3.46. The van der Waals surface area contributed by atoms with E-state index in [2.05, 4.69) is 11.4 Å². The molecule has 0 aromatic heterocycles. The third kappa shape index (κ3) is 1.98. The zero-order chi connectivity index (χ0) is 8.27. The van der Waals surface area contributed by atoms with Gasteiger partial charge >= 0.3 is 0 Å². The van der Waals surface area contributed by atoms with Gasteiger partial charge in [0.1, 0.15) is 11.8 Å². The summed E-state index contributed by atoms with van der Waals surface area (Å²) in [5.74, 6) is 0. The Morgan fingerprint density at radius 2 is 2.09 bits per heavy atom. The first kappa shape index (κ1) is 7.62. The largest absolute Gasteiger partial charge is 0.351 e. The van der Waals surface area contributed by atoms with Gasteiger partial charge in [0.2, 0.25) is 0 Å². The van der Waals surface area contributed by atoms with Crippen molar-refractivity contribution in [2.24, 2.45) is 0 Å². The molecule has 0 atom stereocenters. The Morgan fingerprint density at radius 3 is 2.73 bits per heavy atom. The first-order valence-corrected chi connectivity index (χ1v) is 3.46. The maximum Gasteiger partial charge on any atom is 0.117 e. The van der Waals surface area contributed by atoms with Gasteiger partial charge in [0.25, 0.3) is 0 Å². The van der Waals surface area contributed by atoms with Crippen LogP contribution in [0.15, 0.2) is 35.2 Å². The molecule has 0 aromatic rings. The van der Waals surface area contributed by atoms with Crippen molar-refractivity contribution < 1.29 is 0 Å². The summed E-state index contributed by atoms with van der Waals surface area (Å²) in [7, 11) is 0. The van der Waals surface area contributed by atoms with Crippen LogP contribution in [0.4, 0.5) is 0 Å². The van der Waals surface area contributed by atoms with Crippen LogP contribution in [-0.4, -0.2) is 0 Å². The van der Waals surface area contributed by atoms with Crippen molar-refractivity contribution in [3.8, 4) is 6.07 Å². The van der Waals surface area contributed by atoms with E-state index in [1.165, 1.54) is 0 Å². The minimum Gasteiger partial charge on any atom is -0.351 e. The maximum atomic E-state index is 8.58. The van der Waals surface area contributed by atoms with E-state index >= 15 is 0 Å². The maximum absolute atomic E-state index is 8.58. The van der Waals surface area contributed by atoms with Crippen LogP contribution in [0.2, 0.25) is 0 Å². The Hall–Kier alpha value is -1.49. The predicted octanol–water partition coefficient (Wildman–Crippen LogP) is 1.85. The molecule has 0 amide bonds. The molecule has 1 heterocycles. The second kappa shape index (κ2) is 3.07. The third-order valence-corrected chi connectivity index (χ3v) is 1.41. The van der Waals surface area contributed by atoms with Crippen LogP contribution in [0.25, 0.3) is 0 Å². The highest BCUT2D eigenvalue weighted by atomic mass is 14.9. The molecule has 0 radical (unpaired) electrons. The van der Waals surface area contributed by atoms with Crippen LogP contribution < -0.4 is 5.32 Å². The van der Waals surface area contributed by atoms with E-state index in [1.807, 2.05) is 26.0 Å².